The monoisotopic (exact) mass is 242 g/mol. The summed E-state index contributed by atoms with van der Waals surface area (Å²) < 4.78 is 5.20. The maximum Gasteiger partial charge on any atom is 0.322 e. The van der Waals surface area contributed by atoms with Gasteiger partial charge in [-0.1, -0.05) is 0 Å². The van der Waals surface area contributed by atoms with E-state index in [1.807, 2.05) is 6.92 Å². The van der Waals surface area contributed by atoms with Crippen LogP contribution in [0, 0.1) is 5.92 Å². The molecule has 5 nitrogen and oxygen atoms in total. The van der Waals surface area contributed by atoms with E-state index in [0.29, 0.717) is 18.6 Å². The number of aromatic nitrogens is 3. The van der Waals surface area contributed by atoms with Gasteiger partial charge < -0.3 is 10.1 Å². The van der Waals surface area contributed by atoms with Crippen molar-refractivity contribution in [1.29, 1.82) is 0 Å². The molecule has 0 spiro atoms. The van der Waals surface area contributed by atoms with Crippen LogP contribution in [0.15, 0.2) is 0 Å². The third-order valence-electron chi connectivity index (χ3n) is 2.55. The first kappa shape index (κ1) is 11.4. The van der Waals surface area contributed by atoms with Crippen molar-refractivity contribution in [1.82, 2.24) is 15.0 Å². The minimum atomic E-state index is 0.156. The van der Waals surface area contributed by atoms with Crippen LogP contribution in [0.4, 0.5) is 5.95 Å². The molecule has 1 N–H and O–H groups in total. The highest BCUT2D eigenvalue weighted by molar-refractivity contribution is 6.28. The van der Waals surface area contributed by atoms with E-state index >= 15 is 0 Å². The number of hydrogen-bond donors (Lipinski definition) is 1. The van der Waals surface area contributed by atoms with E-state index in [9.17, 15) is 0 Å². The highest BCUT2D eigenvalue weighted by Gasteiger charge is 2.28. The van der Waals surface area contributed by atoms with Crippen LogP contribution in [0.2, 0.25) is 5.28 Å². The Morgan fingerprint density at radius 2 is 2.19 bits per heavy atom. The van der Waals surface area contributed by atoms with Gasteiger partial charge in [-0.25, -0.2) is 0 Å². The van der Waals surface area contributed by atoms with Crippen LogP contribution in [0.1, 0.15) is 26.7 Å². The molecular formula is C10H15ClN4O. The standard InChI is InChI=1S/C10H15ClN4O/c1-3-16-10-14-8(11)13-9(15-10)12-6(2)7-4-5-7/h6-7H,3-5H2,1-2H3,(H,12,13,14,15). The van der Waals surface area contributed by atoms with Crippen molar-refractivity contribution in [3.05, 3.63) is 5.28 Å². The van der Waals surface area contributed by atoms with Crippen molar-refractivity contribution >= 4 is 17.5 Å². The fraction of sp³-hybridized carbons (Fsp3) is 0.700. The van der Waals surface area contributed by atoms with Crippen molar-refractivity contribution in [2.24, 2.45) is 5.92 Å². The van der Waals surface area contributed by atoms with Gasteiger partial charge in [0.05, 0.1) is 6.61 Å². The lowest BCUT2D eigenvalue weighted by atomic mass is 10.2. The molecule has 1 heterocycles. The zero-order valence-electron chi connectivity index (χ0n) is 9.40. The molecule has 1 aliphatic carbocycles. The molecule has 2 rings (SSSR count). The van der Waals surface area contributed by atoms with E-state index in [-0.39, 0.29) is 11.3 Å². The summed E-state index contributed by atoms with van der Waals surface area (Å²) >= 11 is 5.78. The molecule has 88 valence electrons. The SMILES string of the molecule is CCOc1nc(Cl)nc(NC(C)C2CC2)n1. The van der Waals surface area contributed by atoms with Crippen LogP contribution in [0.3, 0.4) is 0 Å². The Hall–Kier alpha value is -1.10. The van der Waals surface area contributed by atoms with E-state index in [1.165, 1.54) is 12.8 Å². The summed E-state index contributed by atoms with van der Waals surface area (Å²) in [6, 6.07) is 0.640. The average Bonchev–Trinajstić information content (AvgIpc) is 2.99. The van der Waals surface area contributed by atoms with Gasteiger partial charge in [-0.2, -0.15) is 15.0 Å². The predicted molar refractivity (Wildman–Crippen MR) is 61.8 cm³/mol. The number of hydrogen-bond acceptors (Lipinski definition) is 5. The maximum absolute atomic E-state index is 5.78. The second-order valence-corrected chi connectivity index (χ2v) is 4.25. The van der Waals surface area contributed by atoms with Crippen molar-refractivity contribution in [3.63, 3.8) is 0 Å². The molecular weight excluding hydrogens is 228 g/mol. The Bertz CT molecular complexity index is 370. The van der Waals surface area contributed by atoms with E-state index < -0.39 is 0 Å². The summed E-state index contributed by atoms with van der Waals surface area (Å²) in [5, 5.41) is 3.37. The summed E-state index contributed by atoms with van der Waals surface area (Å²) in [7, 11) is 0. The van der Waals surface area contributed by atoms with Crippen LogP contribution in [0.25, 0.3) is 0 Å². The quantitative estimate of drug-likeness (QED) is 0.857. The third-order valence-corrected chi connectivity index (χ3v) is 2.72. The zero-order valence-corrected chi connectivity index (χ0v) is 10.2. The van der Waals surface area contributed by atoms with Gasteiger partial charge in [0.15, 0.2) is 0 Å². The van der Waals surface area contributed by atoms with Gasteiger partial charge in [-0.05, 0) is 44.2 Å². The number of rotatable bonds is 5. The van der Waals surface area contributed by atoms with Crippen molar-refractivity contribution < 1.29 is 4.74 Å². The van der Waals surface area contributed by atoms with E-state index in [1.54, 1.807) is 0 Å². The molecule has 1 aromatic rings. The number of anilines is 1. The largest absolute Gasteiger partial charge is 0.464 e. The summed E-state index contributed by atoms with van der Waals surface area (Å²) in [6.07, 6.45) is 2.54. The van der Waals surface area contributed by atoms with Gasteiger partial charge in [0.25, 0.3) is 0 Å². The Balaban J connectivity index is 2.06. The Kier molecular flexibility index (Phi) is 3.43. The minimum Gasteiger partial charge on any atom is -0.464 e. The topological polar surface area (TPSA) is 59.9 Å². The Morgan fingerprint density at radius 1 is 1.44 bits per heavy atom. The van der Waals surface area contributed by atoms with Gasteiger partial charge in [0, 0.05) is 6.04 Å². The van der Waals surface area contributed by atoms with E-state index in [4.69, 9.17) is 16.3 Å². The van der Waals surface area contributed by atoms with Gasteiger partial charge in [-0.15, -0.1) is 0 Å². The second-order valence-electron chi connectivity index (χ2n) is 3.91. The molecule has 0 aromatic carbocycles. The third kappa shape index (κ3) is 2.95. The maximum atomic E-state index is 5.78. The molecule has 0 radical (unpaired) electrons. The lowest BCUT2D eigenvalue weighted by molar-refractivity contribution is 0.312. The normalized spacial score (nSPS) is 16.9. The van der Waals surface area contributed by atoms with Crippen molar-refractivity contribution in [2.45, 2.75) is 32.7 Å². The summed E-state index contributed by atoms with van der Waals surface area (Å²) in [6.45, 7) is 4.51. The summed E-state index contributed by atoms with van der Waals surface area (Å²) in [4.78, 5) is 12.0. The number of nitrogens with one attached hydrogen (secondary N) is 1. The fourth-order valence-corrected chi connectivity index (χ4v) is 1.66. The van der Waals surface area contributed by atoms with Crippen LogP contribution in [-0.4, -0.2) is 27.6 Å². The summed E-state index contributed by atoms with van der Waals surface area (Å²) in [5.74, 6) is 1.22. The Labute approximate surface area is 99.6 Å². The van der Waals surface area contributed by atoms with Gasteiger partial charge in [0.2, 0.25) is 11.2 Å². The number of nitrogens with zero attached hydrogens (tertiary/aromatic N) is 3. The van der Waals surface area contributed by atoms with E-state index in [0.717, 1.165) is 5.92 Å². The fourth-order valence-electron chi connectivity index (χ4n) is 1.51. The molecule has 1 saturated carbocycles. The van der Waals surface area contributed by atoms with Crippen LogP contribution >= 0.6 is 11.6 Å². The first-order valence-electron chi connectivity index (χ1n) is 5.50. The molecule has 16 heavy (non-hydrogen) atoms. The smallest absolute Gasteiger partial charge is 0.322 e. The van der Waals surface area contributed by atoms with Gasteiger partial charge >= 0.3 is 6.01 Å². The lowest BCUT2D eigenvalue weighted by Gasteiger charge is -2.12. The van der Waals surface area contributed by atoms with Crippen molar-refractivity contribution in [2.75, 3.05) is 11.9 Å². The lowest BCUT2D eigenvalue weighted by Crippen LogP contribution is -2.19. The molecule has 0 amide bonds. The first-order chi connectivity index (χ1) is 7.69. The van der Waals surface area contributed by atoms with Crippen LogP contribution in [0.5, 0.6) is 6.01 Å². The Morgan fingerprint density at radius 3 is 2.81 bits per heavy atom. The molecule has 1 fully saturated rings. The highest BCUT2D eigenvalue weighted by atomic mass is 35.5. The molecule has 1 aromatic heterocycles. The van der Waals surface area contributed by atoms with Crippen LogP contribution in [-0.2, 0) is 0 Å². The predicted octanol–water partition coefficient (Wildman–Crippen LogP) is 2.13. The molecule has 0 saturated heterocycles. The molecule has 0 aliphatic heterocycles. The van der Waals surface area contributed by atoms with Crippen molar-refractivity contribution in [3.8, 4) is 6.01 Å². The zero-order chi connectivity index (χ0) is 11.5. The summed E-state index contributed by atoms with van der Waals surface area (Å²) in [5.41, 5.74) is 0. The second kappa shape index (κ2) is 4.82. The molecule has 1 aliphatic rings. The highest BCUT2D eigenvalue weighted by Crippen LogP contribution is 2.33. The molecule has 1 atom stereocenters. The average molecular weight is 243 g/mol. The minimum absolute atomic E-state index is 0.156. The number of ether oxygens (including phenoxy) is 1. The first-order valence-corrected chi connectivity index (χ1v) is 5.87. The molecule has 0 bridgehead atoms. The van der Waals surface area contributed by atoms with Crippen LogP contribution < -0.4 is 10.1 Å². The van der Waals surface area contributed by atoms with E-state index in [2.05, 4.69) is 27.2 Å². The number of halogens is 1. The molecule has 1 unspecified atom stereocenters. The van der Waals surface area contributed by atoms with Gasteiger partial charge in [-0.3, -0.25) is 0 Å². The van der Waals surface area contributed by atoms with Gasteiger partial charge in [0.1, 0.15) is 0 Å². The molecule has 6 heteroatoms.